The summed E-state index contributed by atoms with van der Waals surface area (Å²) in [7, 11) is -2.28. The van der Waals surface area contributed by atoms with Gasteiger partial charge in [-0.15, -0.1) is 0 Å². The first-order valence-electron chi connectivity index (χ1n) is 6.42. The molecular weight excluding hydrogens is 342 g/mol. The van der Waals surface area contributed by atoms with Crippen LogP contribution in [0.25, 0.3) is 0 Å². The fourth-order valence-corrected chi connectivity index (χ4v) is 4.28. The molecule has 0 aliphatic carbocycles. The van der Waals surface area contributed by atoms with Gasteiger partial charge in [0, 0.05) is 18.1 Å². The molecule has 0 amide bonds. The van der Waals surface area contributed by atoms with Crippen LogP contribution in [0.1, 0.15) is 5.56 Å². The highest BCUT2D eigenvalue weighted by Gasteiger charge is 2.26. The van der Waals surface area contributed by atoms with Gasteiger partial charge in [0.05, 0.1) is 4.90 Å². The Morgan fingerprint density at radius 2 is 1.73 bits per heavy atom. The molecule has 7 heteroatoms. The van der Waals surface area contributed by atoms with Crippen molar-refractivity contribution < 1.29 is 13.0 Å². The van der Waals surface area contributed by atoms with Crippen LogP contribution >= 0.6 is 11.6 Å². The Morgan fingerprint density at radius 3 is 2.27 bits per heavy atom. The van der Waals surface area contributed by atoms with E-state index in [0.717, 1.165) is 9.87 Å². The number of sulfonamides is 1. The topological polar surface area (TPSA) is 60.4 Å². The summed E-state index contributed by atoms with van der Waals surface area (Å²) in [5.41, 5.74) is 1.33. The standard InChI is InChI=1S/C15H16ClNO3S2/c1-11-4-7-13(8-5-11)22(19,20)17(2)14-9-6-12(16)10-15(14)21(3)18/h4-10H,1-3H3. The predicted molar refractivity (Wildman–Crippen MR) is 90.6 cm³/mol. The van der Waals surface area contributed by atoms with Crippen molar-refractivity contribution in [2.24, 2.45) is 0 Å². The minimum Gasteiger partial charge on any atom is -0.612 e. The Kier molecular flexibility index (Phi) is 5.07. The zero-order valence-corrected chi connectivity index (χ0v) is 14.8. The number of aryl methyl sites for hydroxylation is 1. The summed E-state index contributed by atoms with van der Waals surface area (Å²) in [6.45, 7) is 1.89. The highest BCUT2D eigenvalue weighted by molar-refractivity contribution is 7.93. The number of nitrogens with zero attached hydrogens (tertiary/aromatic N) is 1. The van der Waals surface area contributed by atoms with E-state index in [4.69, 9.17) is 11.6 Å². The van der Waals surface area contributed by atoms with Crippen LogP contribution in [-0.4, -0.2) is 26.3 Å². The Labute approximate surface area is 139 Å². The lowest BCUT2D eigenvalue weighted by atomic mass is 10.2. The van der Waals surface area contributed by atoms with Gasteiger partial charge >= 0.3 is 0 Å². The number of benzene rings is 2. The van der Waals surface area contributed by atoms with E-state index < -0.39 is 21.2 Å². The average molecular weight is 358 g/mol. The van der Waals surface area contributed by atoms with Gasteiger partial charge in [-0.05, 0) is 42.4 Å². The largest absolute Gasteiger partial charge is 0.612 e. The molecule has 0 saturated carbocycles. The minimum absolute atomic E-state index is 0.184. The molecule has 0 fully saturated rings. The van der Waals surface area contributed by atoms with E-state index in [9.17, 15) is 13.0 Å². The van der Waals surface area contributed by atoms with Crippen LogP contribution in [0.4, 0.5) is 5.69 Å². The van der Waals surface area contributed by atoms with Gasteiger partial charge in [0.1, 0.15) is 11.9 Å². The number of hydrogen-bond donors (Lipinski definition) is 0. The zero-order valence-electron chi connectivity index (χ0n) is 12.4. The molecule has 22 heavy (non-hydrogen) atoms. The summed E-state index contributed by atoms with van der Waals surface area (Å²) in [4.78, 5) is 0.564. The van der Waals surface area contributed by atoms with Crippen molar-refractivity contribution >= 4 is 38.5 Å². The maximum atomic E-state index is 12.7. The van der Waals surface area contributed by atoms with Crippen LogP contribution in [0.2, 0.25) is 5.02 Å². The fraction of sp³-hybridized carbons (Fsp3) is 0.200. The van der Waals surface area contributed by atoms with Crippen molar-refractivity contribution in [3.05, 3.63) is 53.1 Å². The van der Waals surface area contributed by atoms with E-state index in [-0.39, 0.29) is 4.90 Å². The Bertz CT molecular complexity index is 774. The maximum absolute atomic E-state index is 12.7. The summed E-state index contributed by atoms with van der Waals surface area (Å²) in [6, 6.07) is 11.2. The molecule has 0 spiro atoms. The molecular formula is C15H16ClNO3S2. The zero-order chi connectivity index (χ0) is 16.5. The van der Waals surface area contributed by atoms with Crippen molar-refractivity contribution in [3.8, 4) is 0 Å². The summed E-state index contributed by atoms with van der Waals surface area (Å²) in [5, 5.41) is 0.412. The van der Waals surface area contributed by atoms with Gasteiger partial charge < -0.3 is 4.55 Å². The lowest BCUT2D eigenvalue weighted by Crippen LogP contribution is -2.28. The molecule has 0 radical (unpaired) electrons. The van der Waals surface area contributed by atoms with E-state index >= 15 is 0 Å². The molecule has 0 aromatic heterocycles. The van der Waals surface area contributed by atoms with Gasteiger partial charge in [-0.3, -0.25) is 4.31 Å². The van der Waals surface area contributed by atoms with Gasteiger partial charge in [-0.1, -0.05) is 29.3 Å². The molecule has 118 valence electrons. The molecule has 2 aromatic carbocycles. The van der Waals surface area contributed by atoms with Crippen molar-refractivity contribution in [2.45, 2.75) is 16.7 Å². The average Bonchev–Trinajstić information content (AvgIpc) is 2.46. The summed E-state index contributed by atoms with van der Waals surface area (Å²) in [6.07, 6.45) is 1.49. The first-order valence-corrected chi connectivity index (χ1v) is 9.79. The third kappa shape index (κ3) is 3.41. The van der Waals surface area contributed by atoms with Gasteiger partial charge in [-0.2, -0.15) is 0 Å². The van der Waals surface area contributed by atoms with Crippen molar-refractivity contribution in [1.29, 1.82) is 0 Å². The monoisotopic (exact) mass is 357 g/mol. The lowest BCUT2D eigenvalue weighted by molar-refractivity contribution is 0.593. The molecule has 0 aliphatic rings. The highest BCUT2D eigenvalue weighted by Crippen LogP contribution is 2.31. The molecule has 2 rings (SSSR count). The summed E-state index contributed by atoms with van der Waals surface area (Å²) in [5.74, 6) is 0. The molecule has 0 saturated heterocycles. The smallest absolute Gasteiger partial charge is 0.264 e. The normalized spacial score (nSPS) is 13.0. The molecule has 4 nitrogen and oxygen atoms in total. The lowest BCUT2D eigenvalue weighted by Gasteiger charge is -2.22. The van der Waals surface area contributed by atoms with Crippen LogP contribution in [0.3, 0.4) is 0 Å². The number of rotatable bonds is 4. The van der Waals surface area contributed by atoms with Crippen LogP contribution in [0.15, 0.2) is 52.3 Å². The van der Waals surface area contributed by atoms with Gasteiger partial charge in [0.15, 0.2) is 4.90 Å². The number of hydrogen-bond acceptors (Lipinski definition) is 3. The van der Waals surface area contributed by atoms with E-state index in [0.29, 0.717) is 15.6 Å². The minimum atomic E-state index is -3.72. The third-order valence-corrected chi connectivity index (χ3v) is 6.22. The highest BCUT2D eigenvalue weighted by atomic mass is 35.5. The second kappa shape index (κ2) is 6.50. The van der Waals surface area contributed by atoms with E-state index in [1.807, 2.05) is 6.92 Å². The Balaban J connectivity index is 2.51. The molecule has 0 N–H and O–H groups in total. The maximum Gasteiger partial charge on any atom is 0.264 e. The molecule has 0 bridgehead atoms. The fourth-order valence-electron chi connectivity index (χ4n) is 1.98. The van der Waals surface area contributed by atoms with Gasteiger partial charge in [0.25, 0.3) is 10.0 Å². The SMILES string of the molecule is Cc1ccc(S(=O)(=O)N(C)c2ccc(Cl)cc2[S+](C)[O-])cc1. The first kappa shape index (κ1) is 17.1. The van der Waals surface area contributed by atoms with Crippen LogP contribution in [-0.2, 0) is 21.2 Å². The summed E-state index contributed by atoms with van der Waals surface area (Å²) >= 11 is 4.56. The second-order valence-corrected chi connectivity index (χ2v) is 8.61. The first-order chi connectivity index (χ1) is 10.2. The Morgan fingerprint density at radius 1 is 1.14 bits per heavy atom. The predicted octanol–water partition coefficient (Wildman–Crippen LogP) is 3.21. The third-order valence-electron chi connectivity index (χ3n) is 3.25. The van der Waals surface area contributed by atoms with E-state index in [1.165, 1.54) is 19.4 Å². The van der Waals surface area contributed by atoms with Crippen LogP contribution in [0.5, 0.6) is 0 Å². The van der Waals surface area contributed by atoms with E-state index in [1.54, 1.807) is 36.4 Å². The molecule has 0 heterocycles. The molecule has 1 atom stereocenters. The van der Waals surface area contributed by atoms with Gasteiger partial charge in [-0.25, -0.2) is 8.42 Å². The van der Waals surface area contributed by atoms with Crippen LogP contribution in [0, 0.1) is 6.92 Å². The number of halogens is 1. The van der Waals surface area contributed by atoms with Crippen molar-refractivity contribution in [3.63, 3.8) is 0 Å². The Hall–Kier alpha value is -1.21. The molecule has 1 unspecified atom stereocenters. The number of anilines is 1. The summed E-state index contributed by atoms with van der Waals surface area (Å²) < 4.78 is 38.4. The van der Waals surface area contributed by atoms with Crippen LogP contribution < -0.4 is 4.31 Å². The molecule has 0 aliphatic heterocycles. The quantitative estimate of drug-likeness (QED) is 0.789. The molecule has 2 aromatic rings. The van der Waals surface area contributed by atoms with Crippen molar-refractivity contribution in [2.75, 3.05) is 17.6 Å². The van der Waals surface area contributed by atoms with Gasteiger partial charge in [0.2, 0.25) is 0 Å². The van der Waals surface area contributed by atoms with Crippen molar-refractivity contribution in [1.82, 2.24) is 0 Å². The van der Waals surface area contributed by atoms with E-state index in [2.05, 4.69) is 0 Å². The second-order valence-electron chi connectivity index (χ2n) is 4.85.